The van der Waals surface area contributed by atoms with Gasteiger partial charge in [0.25, 0.3) is 0 Å². The zero-order valence-electron chi connectivity index (χ0n) is 37.8. The molecule has 0 spiro atoms. The van der Waals surface area contributed by atoms with Gasteiger partial charge in [-0.1, -0.05) is 210 Å². The highest BCUT2D eigenvalue weighted by molar-refractivity contribution is 6.12. The van der Waals surface area contributed by atoms with E-state index in [1.807, 2.05) is 0 Å². The summed E-state index contributed by atoms with van der Waals surface area (Å²) >= 11 is 0. The van der Waals surface area contributed by atoms with E-state index >= 15 is 0 Å². The monoisotopic (exact) mass is 837 g/mol. The van der Waals surface area contributed by atoms with Gasteiger partial charge < -0.3 is 4.90 Å². The number of hydrogen-bond donors (Lipinski definition) is 0. The Bertz CT molecular complexity index is 3370. The van der Waals surface area contributed by atoms with Crippen molar-refractivity contribution in [1.82, 2.24) is 0 Å². The third-order valence-electron chi connectivity index (χ3n) is 15.2. The van der Waals surface area contributed by atoms with Gasteiger partial charge in [0.05, 0.1) is 5.69 Å². The molecule has 1 nitrogen and oxygen atoms in total. The predicted octanol–water partition coefficient (Wildman–Crippen LogP) is 18.0. The van der Waals surface area contributed by atoms with E-state index in [0.717, 1.165) is 12.1 Å². The number of fused-ring (bicyclic) bond motifs is 7. The van der Waals surface area contributed by atoms with Crippen LogP contribution in [0.1, 0.15) is 87.5 Å². The van der Waals surface area contributed by atoms with Crippen LogP contribution in [-0.4, -0.2) is 0 Å². The third-order valence-corrected chi connectivity index (χ3v) is 15.2. The normalized spacial score (nSPS) is 16.9. The standard InChI is InChI=1S/C64H55N/c1-42-30-37-57(58-27-14-20-46-19-13-25-52(63(46)58)43-16-5-4-6-17-43)62(40-42)65(48-35-31-45(32-36-48)50-24-15-26-53-49-21-8-7-18-44(49)33-38-54(50)53)61-29-12-10-22-51(61)47-34-39-56-55-23-9-11-28-59(55)64(2,3)60(56)41-47/h7-15,18-29,31-43H,4-6,16-17,30H2,1-3H3. The van der Waals surface area contributed by atoms with Crippen molar-refractivity contribution in [2.45, 2.75) is 70.6 Å². The molecule has 0 amide bonds. The molecule has 9 aromatic rings. The number of hydrogen-bond acceptors (Lipinski definition) is 1. The molecule has 1 unspecified atom stereocenters. The molecule has 3 aliphatic carbocycles. The Kier molecular flexibility index (Phi) is 9.71. The second-order valence-electron chi connectivity index (χ2n) is 19.5. The van der Waals surface area contributed by atoms with Crippen LogP contribution in [0.5, 0.6) is 0 Å². The molecular formula is C64H55N. The number of para-hydroxylation sites is 1. The van der Waals surface area contributed by atoms with E-state index in [1.165, 1.54) is 137 Å². The van der Waals surface area contributed by atoms with Gasteiger partial charge in [-0.3, -0.25) is 0 Å². The Hall–Kier alpha value is -6.96. The summed E-state index contributed by atoms with van der Waals surface area (Å²) in [6, 6.07) is 68.9. The summed E-state index contributed by atoms with van der Waals surface area (Å²) in [5, 5.41) is 7.91. The number of rotatable bonds is 7. The second kappa shape index (κ2) is 15.9. The lowest BCUT2D eigenvalue weighted by Gasteiger charge is -2.35. The third kappa shape index (κ3) is 6.66. The number of benzene rings is 9. The minimum atomic E-state index is -0.0953. The van der Waals surface area contributed by atoms with E-state index in [0.29, 0.717) is 11.8 Å². The van der Waals surface area contributed by atoms with Gasteiger partial charge in [-0.2, -0.15) is 0 Å². The fourth-order valence-corrected chi connectivity index (χ4v) is 11.9. The molecule has 3 aliphatic rings. The van der Waals surface area contributed by atoms with Crippen molar-refractivity contribution in [2.24, 2.45) is 5.92 Å². The minimum Gasteiger partial charge on any atom is -0.310 e. The SMILES string of the molecule is CC1C=C(N(c2ccc(-c3cccc4c3ccc3ccccc34)cc2)c2ccccc2-c2ccc3c(c2)C(C)(C)c2ccccc2-3)C(c2cccc3cccc(C4CCCCC4)c23)=CC1. The molecule has 1 fully saturated rings. The Morgan fingerprint density at radius 2 is 1.15 bits per heavy atom. The number of allylic oxidation sites excluding steroid dienone is 3. The van der Waals surface area contributed by atoms with Crippen LogP contribution < -0.4 is 4.90 Å². The Morgan fingerprint density at radius 1 is 0.492 bits per heavy atom. The van der Waals surface area contributed by atoms with E-state index in [-0.39, 0.29) is 5.41 Å². The molecule has 0 aromatic heterocycles. The molecule has 0 aliphatic heterocycles. The first-order valence-electron chi connectivity index (χ1n) is 24.0. The quantitative estimate of drug-likeness (QED) is 0.145. The molecule has 9 aromatic carbocycles. The fourth-order valence-electron chi connectivity index (χ4n) is 11.9. The molecule has 0 N–H and O–H groups in total. The van der Waals surface area contributed by atoms with Crippen molar-refractivity contribution in [3.8, 4) is 33.4 Å². The van der Waals surface area contributed by atoms with Gasteiger partial charge in [-0.25, -0.2) is 0 Å². The van der Waals surface area contributed by atoms with Crippen LogP contribution in [0.25, 0.3) is 71.3 Å². The van der Waals surface area contributed by atoms with Crippen molar-refractivity contribution >= 4 is 49.3 Å². The Labute approximate surface area is 384 Å². The van der Waals surface area contributed by atoms with Gasteiger partial charge >= 0.3 is 0 Å². The van der Waals surface area contributed by atoms with Gasteiger partial charge in [0.2, 0.25) is 0 Å². The maximum absolute atomic E-state index is 2.59. The predicted molar refractivity (Wildman–Crippen MR) is 278 cm³/mol. The Morgan fingerprint density at radius 3 is 2.02 bits per heavy atom. The van der Waals surface area contributed by atoms with Crippen LogP contribution in [-0.2, 0) is 5.41 Å². The largest absolute Gasteiger partial charge is 0.310 e. The molecule has 1 heteroatoms. The summed E-state index contributed by atoms with van der Waals surface area (Å²) in [6.07, 6.45) is 12.6. The fraction of sp³-hybridized carbons (Fsp3) is 0.188. The van der Waals surface area contributed by atoms with Crippen molar-refractivity contribution < 1.29 is 0 Å². The lowest BCUT2D eigenvalue weighted by Crippen LogP contribution is -2.21. The molecule has 1 saturated carbocycles. The summed E-state index contributed by atoms with van der Waals surface area (Å²) in [7, 11) is 0. The molecule has 316 valence electrons. The molecule has 0 heterocycles. The highest BCUT2D eigenvalue weighted by Gasteiger charge is 2.36. The van der Waals surface area contributed by atoms with Crippen LogP contribution in [0, 0.1) is 5.92 Å². The maximum Gasteiger partial charge on any atom is 0.0540 e. The summed E-state index contributed by atoms with van der Waals surface area (Å²) in [6.45, 7) is 7.15. The molecule has 0 radical (unpaired) electrons. The smallest absolute Gasteiger partial charge is 0.0540 e. The van der Waals surface area contributed by atoms with Crippen LogP contribution >= 0.6 is 0 Å². The van der Waals surface area contributed by atoms with E-state index in [4.69, 9.17) is 0 Å². The molecule has 12 rings (SSSR count). The lowest BCUT2D eigenvalue weighted by atomic mass is 9.79. The maximum atomic E-state index is 2.59. The number of anilines is 2. The van der Waals surface area contributed by atoms with E-state index < -0.39 is 0 Å². The van der Waals surface area contributed by atoms with Crippen LogP contribution in [0.15, 0.2) is 200 Å². The lowest BCUT2D eigenvalue weighted by molar-refractivity contribution is 0.445. The summed E-state index contributed by atoms with van der Waals surface area (Å²) < 4.78 is 0. The van der Waals surface area contributed by atoms with Crippen molar-refractivity contribution in [2.75, 3.05) is 4.90 Å². The summed E-state index contributed by atoms with van der Waals surface area (Å²) in [5.41, 5.74) is 18.1. The van der Waals surface area contributed by atoms with Crippen LogP contribution in [0.4, 0.5) is 11.4 Å². The zero-order valence-corrected chi connectivity index (χ0v) is 37.8. The first-order valence-corrected chi connectivity index (χ1v) is 24.0. The van der Waals surface area contributed by atoms with Gasteiger partial charge in [0.1, 0.15) is 0 Å². The van der Waals surface area contributed by atoms with Gasteiger partial charge in [-0.05, 0) is 138 Å². The second-order valence-corrected chi connectivity index (χ2v) is 19.5. The highest BCUT2D eigenvalue weighted by atomic mass is 15.2. The molecule has 0 saturated heterocycles. The average molecular weight is 838 g/mol. The van der Waals surface area contributed by atoms with E-state index in [9.17, 15) is 0 Å². The highest BCUT2D eigenvalue weighted by Crippen LogP contribution is 2.52. The minimum absolute atomic E-state index is 0.0953. The van der Waals surface area contributed by atoms with Gasteiger partial charge in [-0.15, -0.1) is 0 Å². The van der Waals surface area contributed by atoms with Crippen molar-refractivity contribution in [1.29, 1.82) is 0 Å². The van der Waals surface area contributed by atoms with Crippen molar-refractivity contribution in [3.63, 3.8) is 0 Å². The molecule has 1 atom stereocenters. The Balaban J connectivity index is 1.04. The average Bonchev–Trinajstić information content (AvgIpc) is 3.59. The van der Waals surface area contributed by atoms with Gasteiger partial charge in [0.15, 0.2) is 0 Å². The van der Waals surface area contributed by atoms with Gasteiger partial charge in [0, 0.05) is 27.9 Å². The zero-order chi connectivity index (χ0) is 43.6. The van der Waals surface area contributed by atoms with E-state index in [1.54, 1.807) is 0 Å². The van der Waals surface area contributed by atoms with Crippen molar-refractivity contribution in [3.05, 3.63) is 222 Å². The van der Waals surface area contributed by atoms with Crippen LogP contribution in [0.2, 0.25) is 0 Å². The molecule has 0 bridgehead atoms. The number of nitrogens with zero attached hydrogens (tertiary/aromatic N) is 1. The molecular weight excluding hydrogens is 783 g/mol. The van der Waals surface area contributed by atoms with Crippen LogP contribution in [0.3, 0.4) is 0 Å². The topological polar surface area (TPSA) is 3.24 Å². The summed E-state index contributed by atoms with van der Waals surface area (Å²) in [4.78, 5) is 2.59. The summed E-state index contributed by atoms with van der Waals surface area (Å²) in [5.74, 6) is 0.969. The van der Waals surface area contributed by atoms with E-state index in [2.05, 4.69) is 220 Å². The molecule has 65 heavy (non-hydrogen) atoms. The first-order chi connectivity index (χ1) is 31.9. The first kappa shape index (κ1) is 39.6.